The third-order valence-electron chi connectivity index (χ3n) is 6.01. The zero-order valence-electron chi connectivity index (χ0n) is 18.9. The summed E-state index contributed by atoms with van der Waals surface area (Å²) < 4.78 is 15.3. The number of hydrogen-bond acceptors (Lipinski definition) is 3. The van der Waals surface area contributed by atoms with Gasteiger partial charge in [0.1, 0.15) is 17.3 Å². The largest absolute Gasteiger partial charge is 0.312 e. The Morgan fingerprint density at radius 3 is 2.34 bits per heavy atom. The Hall–Kier alpha value is -4.52. The number of anilines is 1. The van der Waals surface area contributed by atoms with Crippen molar-refractivity contribution in [3.8, 4) is 11.3 Å². The van der Waals surface area contributed by atoms with E-state index in [4.69, 9.17) is 0 Å². The van der Waals surface area contributed by atoms with Crippen LogP contribution in [0.1, 0.15) is 27.9 Å². The minimum Gasteiger partial charge on any atom is -0.312 e. The number of aromatic nitrogens is 2. The van der Waals surface area contributed by atoms with Crippen molar-refractivity contribution < 1.29 is 14.0 Å². The van der Waals surface area contributed by atoms with Crippen LogP contribution in [-0.2, 0) is 11.3 Å². The molecule has 0 fully saturated rings. The number of hydrogen-bond donors (Lipinski definition) is 1. The van der Waals surface area contributed by atoms with Crippen LogP contribution < -0.4 is 5.32 Å². The average molecular weight is 467 g/mol. The molecule has 0 bridgehead atoms. The Morgan fingerprint density at radius 1 is 0.943 bits per heavy atom. The van der Waals surface area contributed by atoms with Gasteiger partial charge in [0, 0.05) is 35.4 Å². The maximum absolute atomic E-state index is 13.5. The number of benzene rings is 3. The molecule has 0 unspecified atom stereocenters. The summed E-state index contributed by atoms with van der Waals surface area (Å²) in [5, 5.41) is 2.97. The summed E-state index contributed by atoms with van der Waals surface area (Å²) in [7, 11) is 0. The van der Waals surface area contributed by atoms with Gasteiger partial charge in [0.25, 0.3) is 5.91 Å². The van der Waals surface area contributed by atoms with Crippen LogP contribution in [0.3, 0.4) is 0 Å². The Bertz CT molecular complexity index is 1380. The van der Waals surface area contributed by atoms with Gasteiger partial charge in [-0.25, -0.2) is 9.37 Å². The molecule has 0 saturated carbocycles. The van der Waals surface area contributed by atoms with Crippen LogP contribution in [0.5, 0.6) is 0 Å². The summed E-state index contributed by atoms with van der Waals surface area (Å²) in [4.78, 5) is 31.8. The SMILES string of the molecule is C=C1c2ccccc2C(=O)N1CCC(=O)Nc1c(-c2ccc(F)cc2)ncn1Cc1ccccc1. The zero-order chi connectivity index (χ0) is 24.4. The van der Waals surface area contributed by atoms with E-state index < -0.39 is 0 Å². The molecule has 0 radical (unpaired) electrons. The molecule has 1 aliphatic rings. The van der Waals surface area contributed by atoms with Crippen LogP contribution in [0.25, 0.3) is 17.0 Å². The topological polar surface area (TPSA) is 67.2 Å². The van der Waals surface area contributed by atoms with Gasteiger partial charge in [0.05, 0.1) is 12.9 Å². The van der Waals surface area contributed by atoms with E-state index in [0.29, 0.717) is 34.9 Å². The molecular weight excluding hydrogens is 443 g/mol. The van der Waals surface area contributed by atoms with Gasteiger partial charge in [-0.15, -0.1) is 0 Å². The Kier molecular flexibility index (Phi) is 5.97. The molecule has 5 rings (SSSR count). The highest BCUT2D eigenvalue weighted by Crippen LogP contribution is 2.32. The summed E-state index contributed by atoms with van der Waals surface area (Å²) in [6.45, 7) is 4.74. The number of carbonyl (C=O) groups is 2. The minimum absolute atomic E-state index is 0.0815. The van der Waals surface area contributed by atoms with Crippen LogP contribution >= 0.6 is 0 Å². The highest BCUT2D eigenvalue weighted by atomic mass is 19.1. The summed E-state index contributed by atoms with van der Waals surface area (Å²) in [6.07, 6.45) is 1.74. The fourth-order valence-corrected chi connectivity index (χ4v) is 4.21. The molecular formula is C28H23FN4O2. The van der Waals surface area contributed by atoms with Gasteiger partial charge in [0.15, 0.2) is 0 Å². The maximum Gasteiger partial charge on any atom is 0.258 e. The lowest BCUT2D eigenvalue weighted by Crippen LogP contribution is -2.28. The van der Waals surface area contributed by atoms with E-state index in [-0.39, 0.29) is 30.6 Å². The Balaban J connectivity index is 1.36. The summed E-state index contributed by atoms with van der Waals surface area (Å²) in [6, 6.07) is 23.1. The smallest absolute Gasteiger partial charge is 0.258 e. The first-order valence-electron chi connectivity index (χ1n) is 11.3. The Labute approximate surface area is 202 Å². The molecule has 174 valence electrons. The molecule has 0 spiro atoms. The van der Waals surface area contributed by atoms with Crippen LogP contribution in [-0.4, -0.2) is 32.8 Å². The van der Waals surface area contributed by atoms with Gasteiger partial charge in [-0.2, -0.15) is 0 Å². The van der Waals surface area contributed by atoms with Crippen molar-refractivity contribution in [3.05, 3.63) is 114 Å². The van der Waals surface area contributed by atoms with E-state index in [1.807, 2.05) is 53.1 Å². The molecule has 1 aromatic heterocycles. The molecule has 0 aliphatic carbocycles. The molecule has 7 heteroatoms. The average Bonchev–Trinajstić information content (AvgIpc) is 3.37. The van der Waals surface area contributed by atoms with Crippen molar-refractivity contribution in [3.63, 3.8) is 0 Å². The lowest BCUT2D eigenvalue weighted by atomic mass is 10.1. The van der Waals surface area contributed by atoms with Gasteiger partial charge in [0.2, 0.25) is 5.91 Å². The highest BCUT2D eigenvalue weighted by Gasteiger charge is 2.30. The van der Waals surface area contributed by atoms with E-state index in [0.717, 1.165) is 11.1 Å². The predicted molar refractivity (Wildman–Crippen MR) is 133 cm³/mol. The predicted octanol–water partition coefficient (Wildman–Crippen LogP) is 5.19. The lowest BCUT2D eigenvalue weighted by Gasteiger charge is -2.17. The van der Waals surface area contributed by atoms with E-state index in [2.05, 4.69) is 16.9 Å². The molecule has 1 N–H and O–H groups in total. The normalized spacial score (nSPS) is 12.7. The molecule has 3 aromatic carbocycles. The first-order chi connectivity index (χ1) is 17.0. The summed E-state index contributed by atoms with van der Waals surface area (Å²) in [5.41, 5.74) is 4.26. The molecule has 0 saturated heterocycles. The van der Waals surface area contributed by atoms with Crippen molar-refractivity contribution >= 4 is 23.3 Å². The number of rotatable bonds is 7. The van der Waals surface area contributed by atoms with Crippen LogP contribution in [0.4, 0.5) is 10.2 Å². The molecule has 2 amide bonds. The number of imidazole rings is 1. The van der Waals surface area contributed by atoms with E-state index in [9.17, 15) is 14.0 Å². The van der Waals surface area contributed by atoms with Gasteiger partial charge in [-0.1, -0.05) is 55.1 Å². The minimum atomic E-state index is -0.348. The van der Waals surface area contributed by atoms with Crippen molar-refractivity contribution in [2.75, 3.05) is 11.9 Å². The van der Waals surface area contributed by atoms with Gasteiger partial charge >= 0.3 is 0 Å². The molecule has 35 heavy (non-hydrogen) atoms. The van der Waals surface area contributed by atoms with E-state index in [1.54, 1.807) is 24.5 Å². The second-order valence-electron chi connectivity index (χ2n) is 8.31. The third kappa shape index (κ3) is 4.48. The summed E-state index contributed by atoms with van der Waals surface area (Å²) in [5.74, 6) is -0.251. The van der Waals surface area contributed by atoms with Crippen molar-refractivity contribution in [2.24, 2.45) is 0 Å². The molecule has 0 atom stereocenters. The van der Waals surface area contributed by atoms with Crippen molar-refractivity contribution in [1.29, 1.82) is 0 Å². The second-order valence-corrected chi connectivity index (χ2v) is 8.31. The van der Waals surface area contributed by atoms with Crippen LogP contribution in [0.2, 0.25) is 0 Å². The van der Waals surface area contributed by atoms with Crippen molar-refractivity contribution in [1.82, 2.24) is 14.5 Å². The standard InChI is InChI=1S/C28H23FN4O2/c1-19-23-9-5-6-10-24(23)28(35)33(19)16-15-25(34)31-27-26(21-11-13-22(29)14-12-21)30-18-32(27)17-20-7-3-2-4-8-20/h2-14,18H,1,15-17H2,(H,31,34). The zero-order valence-corrected chi connectivity index (χ0v) is 18.9. The fraction of sp³-hybridized carbons (Fsp3) is 0.107. The number of nitrogens with one attached hydrogen (secondary N) is 1. The number of fused-ring (bicyclic) bond motifs is 1. The quantitative estimate of drug-likeness (QED) is 0.408. The number of carbonyl (C=O) groups excluding carboxylic acids is 2. The number of nitrogens with zero attached hydrogens (tertiary/aromatic N) is 3. The summed E-state index contributed by atoms with van der Waals surface area (Å²) >= 11 is 0. The van der Waals surface area contributed by atoms with Gasteiger partial charge in [-0.05, 0) is 35.9 Å². The third-order valence-corrected chi connectivity index (χ3v) is 6.01. The molecule has 4 aromatic rings. The van der Waals surface area contributed by atoms with E-state index >= 15 is 0 Å². The van der Waals surface area contributed by atoms with Crippen LogP contribution in [0, 0.1) is 5.82 Å². The van der Waals surface area contributed by atoms with E-state index in [1.165, 1.54) is 17.0 Å². The van der Waals surface area contributed by atoms with Gasteiger partial charge < -0.3 is 14.8 Å². The second kappa shape index (κ2) is 9.38. The molecule has 6 nitrogen and oxygen atoms in total. The monoisotopic (exact) mass is 466 g/mol. The molecule has 1 aliphatic heterocycles. The number of amides is 2. The van der Waals surface area contributed by atoms with Crippen molar-refractivity contribution in [2.45, 2.75) is 13.0 Å². The highest BCUT2D eigenvalue weighted by molar-refractivity contribution is 6.09. The Morgan fingerprint density at radius 2 is 1.63 bits per heavy atom. The maximum atomic E-state index is 13.5. The first-order valence-corrected chi connectivity index (χ1v) is 11.3. The lowest BCUT2D eigenvalue weighted by molar-refractivity contribution is -0.116. The van der Waals surface area contributed by atoms with Gasteiger partial charge in [-0.3, -0.25) is 9.59 Å². The number of halogens is 1. The molecule has 2 heterocycles. The first kappa shape index (κ1) is 22.3. The fourth-order valence-electron chi connectivity index (χ4n) is 4.21. The van der Waals surface area contributed by atoms with Crippen LogP contribution in [0.15, 0.2) is 91.8 Å².